The van der Waals surface area contributed by atoms with Gasteiger partial charge in [-0.15, -0.1) is 0 Å². The second-order valence-corrected chi connectivity index (χ2v) is 7.98. The number of hydrogen-bond donors (Lipinski definition) is 4. The summed E-state index contributed by atoms with van der Waals surface area (Å²) in [6.07, 6.45) is 1.59. The molecule has 1 aliphatic carbocycles. The Morgan fingerprint density at radius 2 is 1.88 bits per heavy atom. The van der Waals surface area contributed by atoms with Gasteiger partial charge < -0.3 is 25.2 Å². The number of rotatable bonds is 7. The molecular weight excluding hydrogens is 324 g/mol. The Balaban J connectivity index is 1.89. The molecule has 8 atom stereocenters. The van der Waals surface area contributed by atoms with Crippen LogP contribution in [0.3, 0.4) is 0 Å². The second-order valence-electron chi connectivity index (χ2n) is 7.98. The summed E-state index contributed by atoms with van der Waals surface area (Å²) >= 11 is 0. The summed E-state index contributed by atoms with van der Waals surface area (Å²) in [6.45, 7) is 5.94. The third kappa shape index (κ3) is 5.03. The van der Waals surface area contributed by atoms with Crippen molar-refractivity contribution in [3.05, 3.63) is 11.6 Å². The summed E-state index contributed by atoms with van der Waals surface area (Å²) in [4.78, 5) is 10.7. The summed E-state index contributed by atoms with van der Waals surface area (Å²) in [5, 5.41) is 39.4. The van der Waals surface area contributed by atoms with Crippen LogP contribution in [0.25, 0.3) is 0 Å². The zero-order chi connectivity index (χ0) is 18.7. The number of carboxylic acid groups (broad SMARTS) is 1. The molecule has 2 fully saturated rings. The second kappa shape index (κ2) is 8.62. The van der Waals surface area contributed by atoms with E-state index in [4.69, 9.17) is 9.84 Å². The van der Waals surface area contributed by atoms with E-state index < -0.39 is 24.3 Å². The van der Waals surface area contributed by atoms with Gasteiger partial charge in [-0.05, 0) is 57.3 Å². The molecule has 1 aliphatic heterocycles. The highest BCUT2D eigenvalue weighted by atomic mass is 16.5. The van der Waals surface area contributed by atoms with Crippen molar-refractivity contribution in [1.82, 2.24) is 0 Å². The fourth-order valence-corrected chi connectivity index (χ4v) is 4.24. The summed E-state index contributed by atoms with van der Waals surface area (Å²) in [5.41, 5.74) is 0.604. The molecule has 1 saturated heterocycles. The van der Waals surface area contributed by atoms with Gasteiger partial charge in [-0.1, -0.05) is 12.5 Å². The summed E-state index contributed by atoms with van der Waals surface area (Å²) in [7, 11) is 0. The molecule has 6 nitrogen and oxygen atoms in total. The van der Waals surface area contributed by atoms with Crippen LogP contribution < -0.4 is 0 Å². The van der Waals surface area contributed by atoms with Crippen LogP contribution in [0.15, 0.2) is 11.6 Å². The standard InChI is InChI=1S/C19H32O6/c1-10(7-17(21)22)6-16-19(24)18(23)14(9-25-16)8-13-4-5-15(13)11(2)12(3)20/h7,11-16,18-20,23-24H,4-6,8-9H2,1-3H3,(H,21,22)/b10-7+/t11-,12?,13-,14-,15-,16-,18+,19-/m0/s1. The lowest BCUT2D eigenvalue weighted by atomic mass is 9.63. The number of ether oxygens (including phenoxy) is 1. The number of carboxylic acids is 1. The summed E-state index contributed by atoms with van der Waals surface area (Å²) in [5.74, 6) is 0.00317. The predicted molar refractivity (Wildman–Crippen MR) is 92.9 cm³/mol. The first-order valence-corrected chi connectivity index (χ1v) is 9.26. The van der Waals surface area contributed by atoms with Crippen LogP contribution in [0.5, 0.6) is 0 Å². The third-order valence-corrected chi connectivity index (χ3v) is 6.15. The molecule has 25 heavy (non-hydrogen) atoms. The molecule has 1 unspecified atom stereocenters. The van der Waals surface area contributed by atoms with Gasteiger partial charge >= 0.3 is 5.97 Å². The van der Waals surface area contributed by atoms with Gasteiger partial charge in [-0.25, -0.2) is 4.79 Å². The van der Waals surface area contributed by atoms with Gasteiger partial charge in [0.15, 0.2) is 0 Å². The maximum atomic E-state index is 10.7. The molecule has 0 spiro atoms. The zero-order valence-electron chi connectivity index (χ0n) is 15.3. The molecular formula is C19H32O6. The van der Waals surface area contributed by atoms with E-state index in [1.165, 1.54) is 0 Å². The van der Waals surface area contributed by atoms with Crippen molar-refractivity contribution in [2.75, 3.05) is 6.61 Å². The molecule has 4 N–H and O–H groups in total. The molecule has 1 saturated carbocycles. The number of carbonyl (C=O) groups is 1. The number of aliphatic carboxylic acids is 1. The van der Waals surface area contributed by atoms with Crippen LogP contribution in [0.1, 0.15) is 46.5 Å². The van der Waals surface area contributed by atoms with E-state index >= 15 is 0 Å². The SMILES string of the molecule is C/C(=C\C(=O)O)C[C@@H]1OC[C@H](C[C@@H]2CC[C@H]2[C@@H](C)C(C)O)[C@@H](O)[C@H]1O. The van der Waals surface area contributed by atoms with Crippen molar-refractivity contribution in [1.29, 1.82) is 0 Å². The maximum Gasteiger partial charge on any atom is 0.328 e. The van der Waals surface area contributed by atoms with Crippen LogP contribution in [0, 0.1) is 23.7 Å². The fourth-order valence-electron chi connectivity index (χ4n) is 4.24. The Morgan fingerprint density at radius 3 is 2.40 bits per heavy atom. The van der Waals surface area contributed by atoms with Gasteiger partial charge in [0.1, 0.15) is 6.10 Å². The van der Waals surface area contributed by atoms with Crippen LogP contribution in [0.4, 0.5) is 0 Å². The molecule has 0 aromatic carbocycles. The van der Waals surface area contributed by atoms with Crippen molar-refractivity contribution in [3.8, 4) is 0 Å². The topological polar surface area (TPSA) is 107 Å². The molecule has 144 valence electrons. The largest absolute Gasteiger partial charge is 0.478 e. The van der Waals surface area contributed by atoms with E-state index in [2.05, 4.69) is 6.92 Å². The first kappa shape index (κ1) is 20.4. The van der Waals surface area contributed by atoms with E-state index in [9.17, 15) is 20.1 Å². The molecule has 1 heterocycles. The predicted octanol–water partition coefficient (Wildman–Crippen LogP) is 1.58. The van der Waals surface area contributed by atoms with E-state index in [1.807, 2.05) is 6.92 Å². The van der Waals surface area contributed by atoms with Crippen molar-refractivity contribution >= 4 is 5.97 Å². The molecule has 6 heteroatoms. The van der Waals surface area contributed by atoms with Gasteiger partial charge in [0.25, 0.3) is 0 Å². The Kier molecular flexibility index (Phi) is 7.02. The van der Waals surface area contributed by atoms with E-state index in [1.54, 1.807) is 6.92 Å². The number of aliphatic hydroxyl groups excluding tert-OH is 3. The molecule has 0 amide bonds. The lowest BCUT2D eigenvalue weighted by Crippen LogP contribution is -2.51. The Labute approximate surface area is 149 Å². The summed E-state index contributed by atoms with van der Waals surface area (Å²) < 4.78 is 5.74. The molecule has 0 aromatic rings. The highest BCUT2D eigenvalue weighted by Gasteiger charge is 2.43. The Bertz CT molecular complexity index is 488. The summed E-state index contributed by atoms with van der Waals surface area (Å²) in [6, 6.07) is 0. The molecule has 0 aromatic heterocycles. The Hall–Kier alpha value is -0.950. The number of aliphatic hydroxyl groups is 3. The van der Waals surface area contributed by atoms with Crippen molar-refractivity contribution in [2.24, 2.45) is 23.7 Å². The number of hydrogen-bond acceptors (Lipinski definition) is 5. The first-order chi connectivity index (χ1) is 11.7. The normalized spacial score (nSPS) is 38.7. The van der Waals surface area contributed by atoms with E-state index in [0.29, 0.717) is 30.4 Å². The minimum absolute atomic E-state index is 0.121. The lowest BCUT2D eigenvalue weighted by molar-refractivity contribution is -0.170. The van der Waals surface area contributed by atoms with Crippen LogP contribution in [0.2, 0.25) is 0 Å². The van der Waals surface area contributed by atoms with Gasteiger partial charge in [0.05, 0.1) is 24.9 Å². The third-order valence-electron chi connectivity index (χ3n) is 6.15. The highest BCUT2D eigenvalue weighted by Crippen LogP contribution is 2.45. The molecule has 2 rings (SSSR count). The van der Waals surface area contributed by atoms with Crippen LogP contribution >= 0.6 is 0 Å². The van der Waals surface area contributed by atoms with Crippen LogP contribution in [-0.2, 0) is 9.53 Å². The van der Waals surface area contributed by atoms with Crippen molar-refractivity contribution < 1.29 is 30.0 Å². The maximum absolute atomic E-state index is 10.7. The highest BCUT2D eigenvalue weighted by molar-refractivity contribution is 5.80. The average molecular weight is 356 g/mol. The Morgan fingerprint density at radius 1 is 1.20 bits per heavy atom. The van der Waals surface area contributed by atoms with Gasteiger partial charge in [-0.3, -0.25) is 0 Å². The van der Waals surface area contributed by atoms with Crippen LogP contribution in [-0.4, -0.2) is 57.4 Å². The molecule has 0 radical (unpaired) electrons. The monoisotopic (exact) mass is 356 g/mol. The van der Waals surface area contributed by atoms with Crippen molar-refractivity contribution in [3.63, 3.8) is 0 Å². The van der Waals surface area contributed by atoms with E-state index in [-0.39, 0.29) is 17.9 Å². The average Bonchev–Trinajstić information content (AvgIpc) is 2.49. The minimum atomic E-state index is -1.02. The molecule has 2 aliphatic rings. The van der Waals surface area contributed by atoms with E-state index in [0.717, 1.165) is 25.3 Å². The lowest BCUT2D eigenvalue weighted by Gasteiger charge is -2.46. The smallest absolute Gasteiger partial charge is 0.328 e. The minimum Gasteiger partial charge on any atom is -0.478 e. The van der Waals surface area contributed by atoms with Crippen molar-refractivity contribution in [2.45, 2.75) is 70.9 Å². The van der Waals surface area contributed by atoms with Gasteiger partial charge in [0, 0.05) is 12.0 Å². The quantitative estimate of drug-likeness (QED) is 0.516. The molecule has 0 bridgehead atoms. The van der Waals surface area contributed by atoms with Gasteiger partial charge in [0.2, 0.25) is 0 Å². The zero-order valence-corrected chi connectivity index (χ0v) is 15.3. The fraction of sp³-hybridized carbons (Fsp3) is 0.842. The first-order valence-electron chi connectivity index (χ1n) is 9.26. The van der Waals surface area contributed by atoms with Gasteiger partial charge in [-0.2, -0.15) is 0 Å².